The van der Waals surface area contributed by atoms with Crippen LogP contribution in [-0.2, 0) is 4.79 Å². The van der Waals surface area contributed by atoms with Crippen LogP contribution in [-0.4, -0.2) is 29.9 Å². The summed E-state index contributed by atoms with van der Waals surface area (Å²) in [6.45, 7) is 5.83. The maximum absolute atomic E-state index is 11.4. The van der Waals surface area contributed by atoms with E-state index in [1.54, 1.807) is 0 Å². The van der Waals surface area contributed by atoms with Gasteiger partial charge in [0.15, 0.2) is 0 Å². The standard InChI is InChI=1S/C10H20N2O/c1-8(2)9(11)7-12-6-4-3-5-10(12)13/h8-9H,3-7,11H2,1-2H3/t9-/m1/s1. The summed E-state index contributed by atoms with van der Waals surface area (Å²) in [6, 6.07) is 0.127. The van der Waals surface area contributed by atoms with Crippen molar-refractivity contribution >= 4 is 5.91 Å². The number of carbonyl (C=O) groups excluding carboxylic acids is 1. The summed E-state index contributed by atoms with van der Waals surface area (Å²) in [7, 11) is 0. The van der Waals surface area contributed by atoms with Gasteiger partial charge in [0, 0.05) is 25.6 Å². The first-order chi connectivity index (χ1) is 6.11. The van der Waals surface area contributed by atoms with Gasteiger partial charge in [-0.1, -0.05) is 13.8 Å². The van der Waals surface area contributed by atoms with Gasteiger partial charge < -0.3 is 10.6 Å². The number of hydrogen-bond donors (Lipinski definition) is 1. The van der Waals surface area contributed by atoms with Gasteiger partial charge in [-0.05, 0) is 18.8 Å². The molecule has 2 N–H and O–H groups in total. The summed E-state index contributed by atoms with van der Waals surface area (Å²) in [5, 5.41) is 0. The van der Waals surface area contributed by atoms with Gasteiger partial charge in [-0.25, -0.2) is 0 Å². The number of likely N-dealkylation sites (tertiary alicyclic amines) is 1. The summed E-state index contributed by atoms with van der Waals surface area (Å²) in [5.41, 5.74) is 5.92. The number of carbonyl (C=O) groups is 1. The van der Waals surface area contributed by atoms with Gasteiger partial charge in [-0.3, -0.25) is 4.79 Å². The summed E-state index contributed by atoms with van der Waals surface area (Å²) in [4.78, 5) is 13.3. The van der Waals surface area contributed by atoms with E-state index in [2.05, 4.69) is 13.8 Å². The van der Waals surface area contributed by atoms with Crippen LogP contribution in [0.2, 0.25) is 0 Å². The van der Waals surface area contributed by atoms with Gasteiger partial charge in [0.05, 0.1) is 0 Å². The molecule has 1 saturated heterocycles. The highest BCUT2D eigenvalue weighted by Crippen LogP contribution is 2.12. The van der Waals surface area contributed by atoms with Crippen molar-refractivity contribution in [3.8, 4) is 0 Å². The van der Waals surface area contributed by atoms with Crippen molar-refractivity contribution in [3.05, 3.63) is 0 Å². The molecule has 0 aromatic carbocycles. The van der Waals surface area contributed by atoms with Crippen molar-refractivity contribution in [2.24, 2.45) is 11.7 Å². The molecule has 0 bridgehead atoms. The molecule has 3 heteroatoms. The Bertz CT molecular complexity index is 180. The molecule has 0 spiro atoms. The SMILES string of the molecule is CC(C)[C@H](N)CN1CCCCC1=O. The van der Waals surface area contributed by atoms with E-state index in [0.29, 0.717) is 12.3 Å². The fourth-order valence-electron chi connectivity index (χ4n) is 1.52. The lowest BCUT2D eigenvalue weighted by molar-refractivity contribution is -0.133. The second-order valence-electron chi connectivity index (χ2n) is 4.20. The van der Waals surface area contributed by atoms with Gasteiger partial charge in [-0.2, -0.15) is 0 Å². The third kappa shape index (κ3) is 2.99. The normalized spacial score (nSPS) is 20.9. The fourth-order valence-corrected chi connectivity index (χ4v) is 1.52. The first kappa shape index (κ1) is 10.5. The molecule has 1 heterocycles. The molecular weight excluding hydrogens is 164 g/mol. The Hall–Kier alpha value is -0.570. The van der Waals surface area contributed by atoms with E-state index in [9.17, 15) is 4.79 Å². The Morgan fingerprint density at radius 3 is 2.69 bits per heavy atom. The van der Waals surface area contributed by atoms with Crippen molar-refractivity contribution in [3.63, 3.8) is 0 Å². The third-order valence-corrected chi connectivity index (χ3v) is 2.71. The molecule has 1 aliphatic heterocycles. The monoisotopic (exact) mass is 184 g/mol. The van der Waals surface area contributed by atoms with Crippen LogP contribution in [0.5, 0.6) is 0 Å². The van der Waals surface area contributed by atoms with Crippen LogP contribution in [0.25, 0.3) is 0 Å². The number of nitrogens with zero attached hydrogens (tertiary/aromatic N) is 1. The molecular formula is C10H20N2O. The molecule has 0 unspecified atom stereocenters. The van der Waals surface area contributed by atoms with E-state index in [0.717, 1.165) is 25.9 Å². The highest BCUT2D eigenvalue weighted by atomic mass is 16.2. The number of rotatable bonds is 3. The van der Waals surface area contributed by atoms with Crippen LogP contribution in [0.15, 0.2) is 0 Å². The zero-order valence-electron chi connectivity index (χ0n) is 8.62. The minimum absolute atomic E-state index is 0.127. The van der Waals surface area contributed by atoms with Crippen LogP contribution >= 0.6 is 0 Å². The predicted octanol–water partition coefficient (Wildman–Crippen LogP) is 0.982. The van der Waals surface area contributed by atoms with E-state index in [1.807, 2.05) is 4.90 Å². The molecule has 0 aromatic rings. The van der Waals surface area contributed by atoms with Crippen molar-refractivity contribution in [1.82, 2.24) is 4.90 Å². The van der Waals surface area contributed by atoms with Gasteiger partial charge in [0.2, 0.25) is 5.91 Å². The molecule has 76 valence electrons. The Morgan fingerprint density at radius 1 is 1.46 bits per heavy atom. The molecule has 1 atom stereocenters. The second-order valence-corrected chi connectivity index (χ2v) is 4.20. The lowest BCUT2D eigenvalue weighted by atomic mass is 10.0. The first-order valence-electron chi connectivity index (χ1n) is 5.14. The summed E-state index contributed by atoms with van der Waals surface area (Å²) in [5.74, 6) is 0.733. The zero-order chi connectivity index (χ0) is 9.84. The smallest absolute Gasteiger partial charge is 0.222 e. The molecule has 1 aliphatic rings. The lowest BCUT2D eigenvalue weighted by Crippen LogP contribution is -2.45. The van der Waals surface area contributed by atoms with Crippen LogP contribution in [0.1, 0.15) is 33.1 Å². The van der Waals surface area contributed by atoms with E-state index in [-0.39, 0.29) is 11.9 Å². The topological polar surface area (TPSA) is 46.3 Å². The van der Waals surface area contributed by atoms with Crippen molar-refractivity contribution in [2.75, 3.05) is 13.1 Å². The third-order valence-electron chi connectivity index (χ3n) is 2.71. The van der Waals surface area contributed by atoms with Crippen molar-refractivity contribution < 1.29 is 4.79 Å². The van der Waals surface area contributed by atoms with Crippen LogP contribution in [0.3, 0.4) is 0 Å². The van der Waals surface area contributed by atoms with Gasteiger partial charge in [0.1, 0.15) is 0 Å². The van der Waals surface area contributed by atoms with Crippen molar-refractivity contribution in [1.29, 1.82) is 0 Å². The number of piperidine rings is 1. The molecule has 13 heavy (non-hydrogen) atoms. The zero-order valence-corrected chi connectivity index (χ0v) is 8.62. The predicted molar refractivity (Wildman–Crippen MR) is 53.2 cm³/mol. The van der Waals surface area contributed by atoms with E-state index in [4.69, 9.17) is 5.73 Å². The molecule has 0 saturated carbocycles. The quantitative estimate of drug-likeness (QED) is 0.710. The maximum atomic E-state index is 11.4. The minimum Gasteiger partial charge on any atom is -0.341 e. The highest BCUT2D eigenvalue weighted by Gasteiger charge is 2.20. The lowest BCUT2D eigenvalue weighted by Gasteiger charge is -2.30. The molecule has 0 radical (unpaired) electrons. The van der Waals surface area contributed by atoms with E-state index in [1.165, 1.54) is 0 Å². The van der Waals surface area contributed by atoms with Crippen LogP contribution < -0.4 is 5.73 Å². The highest BCUT2D eigenvalue weighted by molar-refractivity contribution is 5.76. The Labute approximate surface area is 80.3 Å². The molecule has 0 aromatic heterocycles. The molecule has 1 amide bonds. The van der Waals surface area contributed by atoms with Crippen LogP contribution in [0, 0.1) is 5.92 Å². The molecule has 3 nitrogen and oxygen atoms in total. The number of hydrogen-bond acceptors (Lipinski definition) is 2. The summed E-state index contributed by atoms with van der Waals surface area (Å²) >= 11 is 0. The first-order valence-corrected chi connectivity index (χ1v) is 5.14. The average molecular weight is 184 g/mol. The molecule has 1 fully saturated rings. The minimum atomic E-state index is 0.127. The largest absolute Gasteiger partial charge is 0.341 e. The number of amides is 1. The van der Waals surface area contributed by atoms with Gasteiger partial charge in [-0.15, -0.1) is 0 Å². The Balaban J connectivity index is 2.38. The Kier molecular flexibility index (Phi) is 3.72. The summed E-state index contributed by atoms with van der Waals surface area (Å²) in [6.07, 6.45) is 2.90. The Morgan fingerprint density at radius 2 is 2.15 bits per heavy atom. The van der Waals surface area contributed by atoms with E-state index >= 15 is 0 Å². The second kappa shape index (κ2) is 4.61. The maximum Gasteiger partial charge on any atom is 0.222 e. The van der Waals surface area contributed by atoms with Gasteiger partial charge in [0.25, 0.3) is 0 Å². The average Bonchev–Trinajstić information content (AvgIpc) is 2.08. The summed E-state index contributed by atoms with van der Waals surface area (Å²) < 4.78 is 0. The number of nitrogens with two attached hydrogens (primary N) is 1. The van der Waals surface area contributed by atoms with Crippen molar-refractivity contribution in [2.45, 2.75) is 39.2 Å². The molecule has 0 aliphatic carbocycles. The van der Waals surface area contributed by atoms with Crippen LogP contribution in [0.4, 0.5) is 0 Å². The fraction of sp³-hybridized carbons (Fsp3) is 0.900. The molecule has 1 rings (SSSR count). The van der Waals surface area contributed by atoms with Gasteiger partial charge >= 0.3 is 0 Å². The van der Waals surface area contributed by atoms with E-state index < -0.39 is 0 Å².